The number of aromatic nitrogens is 1. The zero-order chi connectivity index (χ0) is 20.3. The van der Waals surface area contributed by atoms with E-state index in [-0.39, 0.29) is 23.9 Å². The van der Waals surface area contributed by atoms with E-state index in [2.05, 4.69) is 16.4 Å². The lowest BCUT2D eigenvalue weighted by molar-refractivity contribution is -0.384. The Morgan fingerprint density at radius 2 is 2.11 bits per heavy atom. The molecule has 1 amide bonds. The molecule has 0 spiro atoms. The number of nitriles is 1. The fraction of sp³-hybridized carbons (Fsp3) is 0.421. The van der Waals surface area contributed by atoms with Crippen molar-refractivity contribution in [3.05, 3.63) is 39.9 Å². The number of nitro benzene ring substituents is 1. The highest BCUT2D eigenvalue weighted by Gasteiger charge is 2.24. The Morgan fingerprint density at radius 1 is 1.39 bits per heavy atom. The summed E-state index contributed by atoms with van der Waals surface area (Å²) >= 11 is 0. The first kappa shape index (κ1) is 19.4. The quantitative estimate of drug-likeness (QED) is 0.634. The van der Waals surface area contributed by atoms with Crippen LogP contribution >= 0.6 is 0 Å². The number of piperidine rings is 1. The fourth-order valence-electron chi connectivity index (χ4n) is 3.19. The van der Waals surface area contributed by atoms with Crippen LogP contribution in [-0.2, 0) is 4.74 Å². The number of ether oxygens (including phenoxy) is 1. The van der Waals surface area contributed by atoms with Gasteiger partial charge in [0.1, 0.15) is 5.82 Å². The van der Waals surface area contributed by atoms with Crippen molar-refractivity contribution in [3.8, 4) is 6.07 Å². The number of amides is 1. The second-order valence-electron chi connectivity index (χ2n) is 6.96. The molecule has 2 aromatic rings. The van der Waals surface area contributed by atoms with Gasteiger partial charge in [-0.2, -0.15) is 5.26 Å². The molecular weight excluding hydrogens is 362 g/mol. The first-order valence-corrected chi connectivity index (χ1v) is 9.08. The Balaban J connectivity index is 1.72. The van der Waals surface area contributed by atoms with Crippen LogP contribution in [0.1, 0.15) is 32.3 Å². The number of benzene rings is 1. The molecule has 1 saturated heterocycles. The van der Waals surface area contributed by atoms with E-state index in [1.165, 1.54) is 12.1 Å². The van der Waals surface area contributed by atoms with Crippen molar-refractivity contribution >= 4 is 28.5 Å². The predicted molar refractivity (Wildman–Crippen MR) is 103 cm³/mol. The van der Waals surface area contributed by atoms with Crippen LogP contribution in [0.4, 0.5) is 16.3 Å². The van der Waals surface area contributed by atoms with Crippen LogP contribution < -0.4 is 5.32 Å². The molecule has 0 bridgehead atoms. The van der Waals surface area contributed by atoms with Crippen LogP contribution in [0.25, 0.3) is 10.9 Å². The minimum Gasteiger partial charge on any atom is -0.447 e. The van der Waals surface area contributed by atoms with Crippen molar-refractivity contribution in [1.82, 2.24) is 9.88 Å². The molecule has 1 aromatic carbocycles. The number of anilines is 1. The van der Waals surface area contributed by atoms with Crippen molar-refractivity contribution in [3.63, 3.8) is 0 Å². The lowest BCUT2D eigenvalue weighted by Gasteiger charge is -2.32. The average molecular weight is 383 g/mol. The monoisotopic (exact) mass is 383 g/mol. The summed E-state index contributed by atoms with van der Waals surface area (Å²) in [6, 6.07) is 8.08. The van der Waals surface area contributed by atoms with Gasteiger partial charge in [0.2, 0.25) is 0 Å². The maximum Gasteiger partial charge on any atom is 0.410 e. The number of likely N-dealkylation sites (tertiary alicyclic amines) is 1. The number of pyridine rings is 1. The van der Waals surface area contributed by atoms with E-state index >= 15 is 0 Å². The third kappa shape index (κ3) is 4.28. The van der Waals surface area contributed by atoms with Crippen LogP contribution in [0.15, 0.2) is 24.3 Å². The molecule has 146 valence electrons. The Labute approximate surface area is 162 Å². The first-order valence-electron chi connectivity index (χ1n) is 9.08. The number of hydrogen-bond donors (Lipinski definition) is 1. The first-order chi connectivity index (χ1) is 13.4. The zero-order valence-electron chi connectivity index (χ0n) is 15.7. The molecular formula is C19H21N5O4. The molecule has 2 heterocycles. The second-order valence-corrected chi connectivity index (χ2v) is 6.96. The Bertz CT molecular complexity index is 945. The molecule has 1 aromatic heterocycles. The summed E-state index contributed by atoms with van der Waals surface area (Å²) in [6.45, 7) is 4.79. The van der Waals surface area contributed by atoms with Gasteiger partial charge in [-0.15, -0.1) is 0 Å². The summed E-state index contributed by atoms with van der Waals surface area (Å²) in [4.78, 5) is 28.6. The van der Waals surface area contributed by atoms with Crippen LogP contribution in [0.2, 0.25) is 0 Å². The molecule has 0 unspecified atom stereocenters. The maximum atomic E-state index is 12.0. The average Bonchev–Trinajstić information content (AvgIpc) is 2.66. The van der Waals surface area contributed by atoms with Crippen LogP contribution in [0.5, 0.6) is 0 Å². The molecule has 1 N–H and O–H groups in total. The van der Waals surface area contributed by atoms with Crippen molar-refractivity contribution in [2.75, 3.05) is 18.4 Å². The standard InChI is InChI=1S/C19H21N5O4/c1-12(2)28-19(25)23-7-5-14(6-8-23)21-18-9-13(11-20)16-10-15(24(26)27)3-4-17(16)22-18/h3-4,9-10,12,14H,5-8H2,1-2H3,(H,21,22). The highest BCUT2D eigenvalue weighted by Crippen LogP contribution is 2.26. The zero-order valence-corrected chi connectivity index (χ0v) is 15.7. The number of non-ortho nitro benzene ring substituents is 1. The lowest BCUT2D eigenvalue weighted by atomic mass is 10.0. The van der Waals surface area contributed by atoms with E-state index in [1.54, 1.807) is 17.0 Å². The van der Waals surface area contributed by atoms with E-state index in [0.717, 1.165) is 12.8 Å². The van der Waals surface area contributed by atoms with Gasteiger partial charge in [0.25, 0.3) is 5.69 Å². The molecule has 9 nitrogen and oxygen atoms in total. The molecule has 1 fully saturated rings. The molecule has 1 aliphatic heterocycles. The minimum absolute atomic E-state index is 0.0767. The second kappa shape index (κ2) is 8.08. The topological polar surface area (TPSA) is 121 Å². The van der Waals surface area contributed by atoms with Crippen molar-refractivity contribution in [2.45, 2.75) is 38.8 Å². The highest BCUT2D eigenvalue weighted by atomic mass is 16.6. The maximum absolute atomic E-state index is 12.0. The summed E-state index contributed by atoms with van der Waals surface area (Å²) in [7, 11) is 0. The van der Waals surface area contributed by atoms with E-state index in [1.807, 2.05) is 13.8 Å². The van der Waals surface area contributed by atoms with E-state index in [4.69, 9.17) is 4.74 Å². The molecule has 28 heavy (non-hydrogen) atoms. The number of hydrogen-bond acceptors (Lipinski definition) is 7. The van der Waals surface area contributed by atoms with Gasteiger partial charge in [-0.3, -0.25) is 10.1 Å². The van der Waals surface area contributed by atoms with Crippen LogP contribution in [-0.4, -0.2) is 46.1 Å². The number of nitrogens with one attached hydrogen (secondary N) is 1. The summed E-state index contributed by atoms with van der Waals surface area (Å²) in [5, 5.41) is 24.2. The number of fused-ring (bicyclic) bond motifs is 1. The number of carbonyl (C=O) groups excluding carboxylic acids is 1. The van der Waals surface area contributed by atoms with Crippen LogP contribution in [0, 0.1) is 21.4 Å². The number of carbonyl (C=O) groups is 1. The SMILES string of the molecule is CC(C)OC(=O)N1CCC(Nc2cc(C#N)c3cc([N+](=O)[O-])ccc3n2)CC1. The van der Waals surface area contributed by atoms with Gasteiger partial charge in [-0.25, -0.2) is 9.78 Å². The fourth-order valence-corrected chi connectivity index (χ4v) is 3.19. The van der Waals surface area contributed by atoms with E-state index in [0.29, 0.717) is 35.4 Å². The van der Waals surface area contributed by atoms with Crippen molar-refractivity contribution in [1.29, 1.82) is 5.26 Å². The normalized spacial score (nSPS) is 14.7. The molecule has 1 aliphatic rings. The molecule has 3 rings (SSSR count). The number of nitrogens with zero attached hydrogens (tertiary/aromatic N) is 4. The van der Waals surface area contributed by atoms with E-state index in [9.17, 15) is 20.2 Å². The highest BCUT2D eigenvalue weighted by molar-refractivity contribution is 5.88. The lowest BCUT2D eigenvalue weighted by Crippen LogP contribution is -2.43. The van der Waals surface area contributed by atoms with Gasteiger partial charge in [-0.05, 0) is 38.8 Å². The number of nitro groups is 1. The Morgan fingerprint density at radius 3 is 2.71 bits per heavy atom. The van der Waals surface area contributed by atoms with Gasteiger partial charge < -0.3 is 15.0 Å². The molecule has 0 saturated carbocycles. The van der Waals surface area contributed by atoms with Gasteiger partial charge in [0, 0.05) is 36.7 Å². The van der Waals surface area contributed by atoms with Gasteiger partial charge >= 0.3 is 6.09 Å². The smallest absolute Gasteiger partial charge is 0.410 e. The molecule has 0 radical (unpaired) electrons. The van der Waals surface area contributed by atoms with E-state index < -0.39 is 4.92 Å². The largest absolute Gasteiger partial charge is 0.447 e. The third-order valence-electron chi connectivity index (χ3n) is 4.57. The minimum atomic E-state index is -0.495. The molecule has 0 aliphatic carbocycles. The summed E-state index contributed by atoms with van der Waals surface area (Å²) < 4.78 is 5.22. The van der Waals surface area contributed by atoms with Gasteiger partial charge in [0.15, 0.2) is 0 Å². The van der Waals surface area contributed by atoms with Crippen molar-refractivity contribution in [2.24, 2.45) is 0 Å². The van der Waals surface area contributed by atoms with Crippen molar-refractivity contribution < 1.29 is 14.5 Å². The van der Waals surface area contributed by atoms with Gasteiger partial charge in [-0.1, -0.05) is 0 Å². The Hall–Kier alpha value is -3.41. The predicted octanol–water partition coefficient (Wildman–Crippen LogP) is 3.44. The third-order valence-corrected chi connectivity index (χ3v) is 4.57. The van der Waals surface area contributed by atoms with Gasteiger partial charge in [0.05, 0.1) is 28.2 Å². The Kier molecular flexibility index (Phi) is 5.59. The number of rotatable bonds is 4. The molecule has 9 heteroatoms. The molecule has 0 atom stereocenters. The summed E-state index contributed by atoms with van der Waals surface area (Å²) in [5.41, 5.74) is 0.770. The van der Waals surface area contributed by atoms with Crippen LogP contribution in [0.3, 0.4) is 0 Å². The summed E-state index contributed by atoms with van der Waals surface area (Å²) in [6.07, 6.45) is 1.01. The summed E-state index contributed by atoms with van der Waals surface area (Å²) in [5.74, 6) is 0.543.